The van der Waals surface area contributed by atoms with Crippen LogP contribution < -0.4 is 10.4 Å². The summed E-state index contributed by atoms with van der Waals surface area (Å²) in [5.41, 5.74) is 31.3. The van der Waals surface area contributed by atoms with Crippen LogP contribution in [0.3, 0.4) is 0 Å². The molecule has 0 spiro atoms. The second-order valence-corrected chi connectivity index (χ2v) is 33.5. The van der Waals surface area contributed by atoms with Gasteiger partial charge in [0.25, 0.3) is 0 Å². The van der Waals surface area contributed by atoms with Gasteiger partial charge in [-0.05, 0) is 219 Å². The first-order valence-electron chi connectivity index (χ1n) is 35.2. The number of hydrogen-bond donors (Lipinski definition) is 0. The van der Waals surface area contributed by atoms with Crippen molar-refractivity contribution in [3.63, 3.8) is 0 Å². The summed E-state index contributed by atoms with van der Waals surface area (Å²) in [6, 6.07) is 80.7. The van der Waals surface area contributed by atoms with Crippen LogP contribution in [-0.4, -0.2) is 17.6 Å². The predicted molar refractivity (Wildman–Crippen MR) is 413 cm³/mol. The minimum Gasteiger partial charge on any atom is -0.496 e. The van der Waals surface area contributed by atoms with Gasteiger partial charge in [-0.2, -0.15) is 0 Å². The molecule has 4 aliphatic rings. The van der Waals surface area contributed by atoms with Crippen LogP contribution in [0.15, 0.2) is 224 Å². The fraction of sp³-hybridized carbons (Fsp3) is 0.196. The van der Waals surface area contributed by atoms with Crippen molar-refractivity contribution in [2.24, 2.45) is 0 Å². The Labute approximate surface area is 604 Å². The molecule has 0 amide bonds. The molecule has 99 heavy (non-hydrogen) atoms. The van der Waals surface area contributed by atoms with Gasteiger partial charge in [0.05, 0.1) is 23.0 Å². The van der Waals surface area contributed by atoms with E-state index in [-0.39, 0.29) is 38.0 Å². The Morgan fingerprint density at radius 3 is 0.939 bits per heavy atom. The van der Waals surface area contributed by atoms with E-state index in [2.05, 4.69) is 274 Å². The molecule has 10 aromatic carbocycles. The van der Waals surface area contributed by atoms with Crippen LogP contribution in [0.25, 0.3) is 112 Å². The summed E-state index contributed by atoms with van der Waals surface area (Å²) >= 11 is 0. The fourth-order valence-electron chi connectivity index (χ4n) is 17.1. The summed E-state index contributed by atoms with van der Waals surface area (Å²) in [6.07, 6.45) is 7.53. The van der Waals surface area contributed by atoms with Gasteiger partial charge in [0.1, 0.15) is 23.0 Å². The average molecular weight is 1400 g/mol. The van der Waals surface area contributed by atoms with Gasteiger partial charge in [-0.15, -0.1) is 55.2 Å². The SMILES string of the molecule is Cc1ccc(C2=Cc3c(ccc(C)c3-c3ccccc3)C2c2c(-c3ccc(C)o3)[cH-]c3c([Si]4CCC4)c(C)c(C)c(-c4ccccc4)c23)o1.Cc1ccc(C2=Cc3c(ccc(C)c3-c3ccccc3)C2c2c(-c3ccc(C)o3)[cH-]c3c([Si]4CCC4)c(C)c(C)c(-c4ccccc4)c23)o1.[Zr+2]. The number of fused-ring (bicyclic) bond motifs is 4. The largest absolute Gasteiger partial charge is 2.00 e. The zero-order valence-corrected chi connectivity index (χ0v) is 62.8. The van der Waals surface area contributed by atoms with Crippen LogP contribution in [0.2, 0.25) is 24.2 Å². The number of rotatable bonds is 12. The molecule has 2 aliphatic heterocycles. The molecule has 4 nitrogen and oxygen atoms in total. The summed E-state index contributed by atoms with van der Waals surface area (Å²) in [5, 5.41) is 8.87. The molecular weight excluding hydrogens is 1320 g/mol. The zero-order valence-electron chi connectivity index (χ0n) is 58.3. The number of furan rings is 4. The van der Waals surface area contributed by atoms with E-state index in [1.165, 1.54) is 192 Å². The molecular formula is C92H80O4Si2Zr. The third-order valence-corrected chi connectivity index (χ3v) is 28.8. The van der Waals surface area contributed by atoms with Gasteiger partial charge >= 0.3 is 26.2 Å². The van der Waals surface area contributed by atoms with E-state index in [1.54, 1.807) is 10.4 Å². The molecule has 18 rings (SSSR count). The summed E-state index contributed by atoms with van der Waals surface area (Å²) in [6.45, 7) is 22.2. The summed E-state index contributed by atoms with van der Waals surface area (Å²) in [4.78, 5) is 0. The topological polar surface area (TPSA) is 52.6 Å². The molecule has 2 radical (unpaired) electrons. The van der Waals surface area contributed by atoms with Crippen LogP contribution in [-0.2, 0) is 26.2 Å². The van der Waals surface area contributed by atoms with Gasteiger partial charge in [-0.1, -0.05) is 216 Å². The Kier molecular flexibility index (Phi) is 16.9. The molecule has 2 fully saturated rings. The van der Waals surface area contributed by atoms with Crippen molar-refractivity contribution in [2.75, 3.05) is 0 Å². The second-order valence-electron chi connectivity index (χ2n) is 28.1. The van der Waals surface area contributed by atoms with Gasteiger partial charge in [0.15, 0.2) is 0 Å². The Bertz CT molecular complexity index is 5170. The first-order valence-corrected chi connectivity index (χ1v) is 39.0. The normalized spacial score (nSPS) is 15.7. The van der Waals surface area contributed by atoms with Crippen LogP contribution in [0.4, 0.5) is 0 Å². The maximum atomic E-state index is 6.56. The van der Waals surface area contributed by atoms with E-state index >= 15 is 0 Å². The molecule has 0 bridgehead atoms. The number of benzene rings is 8. The van der Waals surface area contributed by atoms with E-state index in [9.17, 15) is 0 Å². The van der Waals surface area contributed by atoms with Crippen LogP contribution >= 0.6 is 0 Å². The third kappa shape index (κ3) is 10.8. The molecule has 4 aromatic heterocycles. The van der Waals surface area contributed by atoms with Crippen molar-refractivity contribution < 1.29 is 43.9 Å². The minimum absolute atomic E-state index is 0. The first kappa shape index (κ1) is 64.6. The molecule has 14 aromatic rings. The Morgan fingerprint density at radius 2 is 0.646 bits per heavy atom. The Hall–Kier alpha value is -9.10. The molecule has 6 heterocycles. The Balaban J connectivity index is 0.000000153. The third-order valence-electron chi connectivity index (χ3n) is 22.2. The van der Waals surface area contributed by atoms with Crippen molar-refractivity contribution >= 4 is 72.8 Å². The molecule has 484 valence electrons. The second kappa shape index (κ2) is 25.9. The monoisotopic (exact) mass is 1390 g/mol. The van der Waals surface area contributed by atoms with Crippen molar-refractivity contribution in [3.05, 3.63) is 308 Å². The molecule has 0 N–H and O–H groups in total. The van der Waals surface area contributed by atoms with E-state index in [1.807, 2.05) is 13.8 Å². The van der Waals surface area contributed by atoms with Crippen molar-refractivity contribution in [3.8, 4) is 67.2 Å². The zero-order chi connectivity index (χ0) is 66.8. The van der Waals surface area contributed by atoms with Crippen LogP contribution in [0, 0.1) is 69.2 Å². The standard InChI is InChI=1S/2C46H40O2Si.Zr/c2*1-27-17-20-34-35(41(27)32-13-8-6-9-14-32)25-36(39-21-18-28(2)47-39)43(34)44-37(40-22-19-29(3)48-40)26-38-45(44)42(33-15-10-7-11-16-33)30(4)31(5)46(38)49-23-12-24-49;/h2*6-11,13-22,25-26,43H,12,23-24H2,1-5H3;/q2*-1;+2. The summed E-state index contributed by atoms with van der Waals surface area (Å²) < 4.78 is 26.2. The average Bonchev–Trinajstić information content (AvgIpc) is 1.52. The van der Waals surface area contributed by atoms with Crippen LogP contribution in [0.5, 0.6) is 0 Å². The maximum Gasteiger partial charge on any atom is 2.00 e. The van der Waals surface area contributed by atoms with Crippen molar-refractivity contribution in [2.45, 2.75) is 118 Å². The minimum atomic E-state index is -0.637. The first-order chi connectivity index (χ1) is 47.8. The van der Waals surface area contributed by atoms with Gasteiger partial charge in [-0.3, -0.25) is 0 Å². The van der Waals surface area contributed by atoms with E-state index in [0.29, 0.717) is 0 Å². The van der Waals surface area contributed by atoms with Crippen LogP contribution in [0.1, 0.15) is 126 Å². The molecule has 2 saturated heterocycles. The van der Waals surface area contributed by atoms with E-state index < -0.39 is 17.6 Å². The molecule has 7 heteroatoms. The number of aryl methyl sites for hydroxylation is 6. The summed E-state index contributed by atoms with van der Waals surface area (Å²) in [5.74, 6) is 7.36. The quantitative estimate of drug-likeness (QED) is 0.0904. The predicted octanol–water partition coefficient (Wildman–Crippen LogP) is 24.2. The van der Waals surface area contributed by atoms with E-state index in [4.69, 9.17) is 17.7 Å². The van der Waals surface area contributed by atoms with Gasteiger partial charge < -0.3 is 17.7 Å². The van der Waals surface area contributed by atoms with Gasteiger partial charge in [-0.25, -0.2) is 0 Å². The Morgan fingerprint density at radius 1 is 0.333 bits per heavy atom. The van der Waals surface area contributed by atoms with Crippen molar-refractivity contribution in [1.29, 1.82) is 0 Å². The number of hydrogen-bond acceptors (Lipinski definition) is 4. The maximum absolute atomic E-state index is 6.56. The molecule has 2 aliphatic carbocycles. The smallest absolute Gasteiger partial charge is 0.496 e. The van der Waals surface area contributed by atoms with Gasteiger partial charge in [0.2, 0.25) is 0 Å². The van der Waals surface area contributed by atoms with E-state index in [0.717, 1.165) is 46.1 Å². The molecule has 0 saturated carbocycles. The van der Waals surface area contributed by atoms with Gasteiger partial charge in [0, 0.05) is 29.4 Å². The fourth-order valence-corrected chi connectivity index (χ4v) is 22.2. The molecule has 2 atom stereocenters. The molecule has 2 unspecified atom stereocenters. The number of allylic oxidation sites excluding steroid dienone is 2. The summed E-state index contributed by atoms with van der Waals surface area (Å²) in [7, 11) is -1.27. The van der Waals surface area contributed by atoms with Crippen molar-refractivity contribution in [1.82, 2.24) is 0 Å².